The first kappa shape index (κ1) is 14.7. The van der Waals surface area contributed by atoms with Crippen LogP contribution in [0.4, 0.5) is 0 Å². The number of likely N-dealkylation sites (N-methyl/N-ethyl adjacent to an activating group) is 1. The summed E-state index contributed by atoms with van der Waals surface area (Å²) in [7, 11) is 2.27. The Morgan fingerprint density at radius 2 is 1.89 bits per heavy atom. The van der Waals surface area contributed by atoms with Gasteiger partial charge in [-0.25, -0.2) is 0 Å². The smallest absolute Gasteiger partial charge is 0.0220 e. The van der Waals surface area contributed by atoms with E-state index in [9.17, 15) is 0 Å². The van der Waals surface area contributed by atoms with Crippen LogP contribution in [0.25, 0.3) is 0 Å². The molecule has 0 aromatic rings. The lowest BCUT2D eigenvalue weighted by molar-refractivity contribution is 0.120. The maximum Gasteiger partial charge on any atom is 0.0220 e. The van der Waals surface area contributed by atoms with Crippen molar-refractivity contribution in [2.75, 3.05) is 39.0 Å². The minimum absolute atomic E-state index is 0.527. The molecule has 0 amide bonds. The fourth-order valence-electron chi connectivity index (χ4n) is 3.81. The van der Waals surface area contributed by atoms with Gasteiger partial charge in [0, 0.05) is 19.1 Å². The van der Waals surface area contributed by atoms with Crippen LogP contribution >= 0.6 is 12.6 Å². The molecule has 1 atom stereocenters. The average molecular weight is 270 g/mol. The van der Waals surface area contributed by atoms with Crippen LogP contribution < -0.4 is 0 Å². The molecular weight excluding hydrogens is 240 g/mol. The minimum atomic E-state index is 0.527. The Labute approximate surface area is 119 Å². The molecule has 0 aromatic heterocycles. The van der Waals surface area contributed by atoms with Gasteiger partial charge in [-0.2, -0.15) is 12.6 Å². The summed E-state index contributed by atoms with van der Waals surface area (Å²) in [5, 5.41) is 0. The highest BCUT2D eigenvalue weighted by Gasteiger charge is 2.36. The second-order valence-corrected chi connectivity index (χ2v) is 6.83. The lowest BCUT2D eigenvalue weighted by Crippen LogP contribution is -2.45. The Balaban J connectivity index is 2.00. The fraction of sp³-hybridized carbons (Fsp3) is 1.00. The van der Waals surface area contributed by atoms with Gasteiger partial charge in [-0.3, -0.25) is 4.90 Å². The van der Waals surface area contributed by atoms with Gasteiger partial charge in [0.1, 0.15) is 0 Å². The van der Waals surface area contributed by atoms with Gasteiger partial charge in [0.05, 0.1) is 0 Å². The summed E-state index contributed by atoms with van der Waals surface area (Å²) in [6, 6.07) is 0.759. The first-order valence-corrected chi connectivity index (χ1v) is 8.36. The molecule has 1 unspecified atom stereocenters. The lowest BCUT2D eigenvalue weighted by Gasteiger charge is -2.38. The molecule has 1 aliphatic heterocycles. The molecule has 2 fully saturated rings. The Morgan fingerprint density at radius 3 is 2.50 bits per heavy atom. The van der Waals surface area contributed by atoms with Crippen LogP contribution in [0.1, 0.15) is 45.4 Å². The summed E-state index contributed by atoms with van der Waals surface area (Å²) in [6.07, 6.45) is 8.26. The third-order valence-electron chi connectivity index (χ3n) is 5.03. The van der Waals surface area contributed by atoms with Gasteiger partial charge in [-0.1, -0.05) is 19.8 Å². The molecule has 0 bridgehead atoms. The third kappa shape index (κ3) is 3.43. The maximum absolute atomic E-state index is 4.67. The molecule has 18 heavy (non-hydrogen) atoms. The summed E-state index contributed by atoms with van der Waals surface area (Å²) in [4.78, 5) is 5.29. The van der Waals surface area contributed by atoms with Crippen molar-refractivity contribution in [1.82, 2.24) is 9.80 Å². The van der Waals surface area contributed by atoms with Crippen molar-refractivity contribution in [3.8, 4) is 0 Å². The van der Waals surface area contributed by atoms with E-state index in [2.05, 4.69) is 36.4 Å². The number of hydrogen-bond acceptors (Lipinski definition) is 3. The Kier molecular flexibility index (Phi) is 5.40. The summed E-state index contributed by atoms with van der Waals surface area (Å²) in [6.45, 7) is 7.44. The van der Waals surface area contributed by atoms with E-state index in [0.29, 0.717) is 5.41 Å². The van der Waals surface area contributed by atoms with Crippen molar-refractivity contribution in [1.29, 1.82) is 0 Å². The van der Waals surface area contributed by atoms with Crippen LogP contribution in [-0.2, 0) is 0 Å². The van der Waals surface area contributed by atoms with Crippen molar-refractivity contribution >= 4 is 12.6 Å². The zero-order valence-electron chi connectivity index (χ0n) is 12.2. The summed E-state index contributed by atoms with van der Waals surface area (Å²) >= 11 is 4.67. The fourth-order valence-corrected chi connectivity index (χ4v) is 4.23. The predicted octanol–water partition coefficient (Wildman–Crippen LogP) is 2.89. The van der Waals surface area contributed by atoms with Crippen molar-refractivity contribution in [2.45, 2.75) is 51.5 Å². The van der Waals surface area contributed by atoms with Gasteiger partial charge < -0.3 is 4.90 Å². The molecule has 1 aliphatic carbocycles. The molecule has 0 aromatic carbocycles. The van der Waals surface area contributed by atoms with Gasteiger partial charge in [-0.05, 0) is 57.0 Å². The standard InChI is InChI=1S/C15H30N2S/c1-3-14-11-16(2)9-6-10-17(14)12-15(13-18)7-4-5-8-15/h14,18H,3-13H2,1-2H3. The van der Waals surface area contributed by atoms with E-state index in [1.165, 1.54) is 64.7 Å². The van der Waals surface area contributed by atoms with E-state index in [-0.39, 0.29) is 0 Å². The van der Waals surface area contributed by atoms with Crippen LogP contribution in [0.15, 0.2) is 0 Å². The van der Waals surface area contributed by atoms with Crippen molar-refractivity contribution < 1.29 is 0 Å². The first-order valence-electron chi connectivity index (χ1n) is 7.72. The molecule has 2 rings (SSSR count). The molecule has 2 nitrogen and oxygen atoms in total. The first-order chi connectivity index (χ1) is 8.69. The molecular formula is C15H30N2S. The monoisotopic (exact) mass is 270 g/mol. The third-order valence-corrected chi connectivity index (χ3v) is 5.70. The molecule has 3 heteroatoms. The summed E-state index contributed by atoms with van der Waals surface area (Å²) in [5.74, 6) is 1.08. The van der Waals surface area contributed by atoms with E-state index >= 15 is 0 Å². The summed E-state index contributed by atoms with van der Waals surface area (Å²) < 4.78 is 0. The molecule has 1 saturated carbocycles. The molecule has 0 radical (unpaired) electrons. The predicted molar refractivity (Wildman–Crippen MR) is 82.5 cm³/mol. The molecule has 106 valence electrons. The number of hydrogen-bond donors (Lipinski definition) is 1. The molecule has 1 saturated heterocycles. The van der Waals surface area contributed by atoms with Gasteiger partial charge in [0.15, 0.2) is 0 Å². The SMILES string of the molecule is CCC1CN(C)CCCN1CC1(CS)CCCC1. The van der Waals surface area contributed by atoms with Crippen molar-refractivity contribution in [3.63, 3.8) is 0 Å². The highest BCUT2D eigenvalue weighted by atomic mass is 32.1. The van der Waals surface area contributed by atoms with E-state index < -0.39 is 0 Å². The quantitative estimate of drug-likeness (QED) is 0.785. The lowest BCUT2D eigenvalue weighted by atomic mass is 9.87. The molecule has 2 aliphatic rings. The second-order valence-electron chi connectivity index (χ2n) is 6.51. The molecule has 1 heterocycles. The molecule has 0 N–H and O–H groups in total. The Bertz CT molecular complexity index is 251. The van der Waals surface area contributed by atoms with Crippen LogP contribution in [-0.4, -0.2) is 54.8 Å². The zero-order valence-corrected chi connectivity index (χ0v) is 13.1. The van der Waals surface area contributed by atoms with Gasteiger partial charge in [0.25, 0.3) is 0 Å². The number of thiol groups is 1. The van der Waals surface area contributed by atoms with Crippen LogP contribution in [0.2, 0.25) is 0 Å². The van der Waals surface area contributed by atoms with Crippen LogP contribution in [0.5, 0.6) is 0 Å². The normalized spacial score (nSPS) is 30.5. The average Bonchev–Trinajstić information content (AvgIpc) is 2.76. The summed E-state index contributed by atoms with van der Waals surface area (Å²) in [5.41, 5.74) is 0.527. The van der Waals surface area contributed by atoms with Gasteiger partial charge in [0.2, 0.25) is 0 Å². The number of rotatable bonds is 4. The van der Waals surface area contributed by atoms with Crippen molar-refractivity contribution in [2.24, 2.45) is 5.41 Å². The Morgan fingerprint density at radius 1 is 1.17 bits per heavy atom. The van der Waals surface area contributed by atoms with Crippen molar-refractivity contribution in [3.05, 3.63) is 0 Å². The topological polar surface area (TPSA) is 6.48 Å². The minimum Gasteiger partial charge on any atom is -0.305 e. The van der Waals surface area contributed by atoms with Gasteiger partial charge in [-0.15, -0.1) is 0 Å². The maximum atomic E-state index is 4.67. The van der Waals surface area contributed by atoms with Gasteiger partial charge >= 0.3 is 0 Å². The van der Waals surface area contributed by atoms with E-state index in [1.807, 2.05) is 0 Å². The van der Waals surface area contributed by atoms with Crippen LogP contribution in [0.3, 0.4) is 0 Å². The van der Waals surface area contributed by atoms with E-state index in [1.54, 1.807) is 0 Å². The Hall–Kier alpha value is 0.270. The number of nitrogens with zero attached hydrogens (tertiary/aromatic N) is 2. The van der Waals surface area contributed by atoms with E-state index in [4.69, 9.17) is 0 Å². The zero-order chi connectivity index (χ0) is 13.0. The van der Waals surface area contributed by atoms with Crippen LogP contribution in [0, 0.1) is 5.41 Å². The molecule has 0 spiro atoms. The highest BCUT2D eigenvalue weighted by molar-refractivity contribution is 7.80. The largest absolute Gasteiger partial charge is 0.305 e. The second kappa shape index (κ2) is 6.62. The highest BCUT2D eigenvalue weighted by Crippen LogP contribution is 2.40. The van der Waals surface area contributed by atoms with E-state index in [0.717, 1.165) is 11.8 Å².